The number of Topliss-reactive ketones (excluding diaryl/α,β-unsaturated/α-hetero) is 3. The van der Waals surface area contributed by atoms with E-state index in [1.54, 1.807) is 130 Å². The van der Waals surface area contributed by atoms with Crippen LogP contribution >= 0.6 is 24.6 Å². The normalized spacial score (nSPS) is 15.7. The third kappa shape index (κ3) is 10.9. The molecule has 0 bridgehead atoms. The first-order valence-electron chi connectivity index (χ1n) is 19.4. The Balaban J connectivity index is 1.46. The summed E-state index contributed by atoms with van der Waals surface area (Å²) >= 11 is 0. The van der Waals surface area contributed by atoms with Gasteiger partial charge in [-0.15, -0.1) is 4.52 Å². The van der Waals surface area contributed by atoms with Gasteiger partial charge < -0.3 is 27.8 Å². The Kier molecular flexibility index (Phi) is 14.1. The average Bonchev–Trinajstić information content (AvgIpc) is 3.29. The maximum absolute atomic E-state index is 12.9. The molecule has 63 heavy (non-hydrogen) atoms. The van der Waals surface area contributed by atoms with E-state index in [-0.39, 0.29) is 17.3 Å². The lowest BCUT2D eigenvalue weighted by atomic mass is 10.1. The number of para-hydroxylation sites is 3. The second-order valence-electron chi connectivity index (χ2n) is 14.0. The molecule has 318 valence electrons. The second kappa shape index (κ2) is 20.0. The van der Waals surface area contributed by atoms with Crippen molar-refractivity contribution >= 4 is 41.9 Å². The van der Waals surface area contributed by atoms with Gasteiger partial charge in [0, 0.05) is 25.9 Å². The van der Waals surface area contributed by atoms with Crippen molar-refractivity contribution in [2.24, 2.45) is 4.52 Å². The van der Waals surface area contributed by atoms with Gasteiger partial charge in [-0.05, 0) is 147 Å². The molecule has 0 radical (unpaired) electrons. The number of hydrogen-bond donors (Lipinski definition) is 0. The number of benzene rings is 6. The Morgan fingerprint density at radius 3 is 1.21 bits per heavy atom. The molecule has 0 N–H and O–H groups in total. The first-order valence-corrected chi connectivity index (χ1v) is 23.2. The minimum absolute atomic E-state index is 0.216. The fourth-order valence-corrected chi connectivity index (χ4v) is 13.1. The van der Waals surface area contributed by atoms with Crippen LogP contribution in [0.1, 0.15) is 51.8 Å². The number of carbonyl (C=O) groups is 3. The van der Waals surface area contributed by atoms with E-state index >= 15 is 0 Å². The lowest BCUT2D eigenvalue weighted by molar-refractivity contribution is 0.0545. The van der Waals surface area contributed by atoms with E-state index in [2.05, 4.69) is 19.7 Å². The van der Waals surface area contributed by atoms with Crippen LogP contribution in [0.15, 0.2) is 205 Å². The van der Waals surface area contributed by atoms with Crippen molar-refractivity contribution in [1.29, 1.82) is 0 Å². The van der Waals surface area contributed by atoms with Crippen molar-refractivity contribution < 1.29 is 42.2 Å². The zero-order valence-electron chi connectivity index (χ0n) is 34.6. The molecule has 0 amide bonds. The van der Waals surface area contributed by atoms with Crippen LogP contribution in [0.4, 0.5) is 0 Å². The van der Waals surface area contributed by atoms with Crippen LogP contribution in [0, 0.1) is 0 Å². The second-order valence-corrected chi connectivity index (χ2v) is 19.5. The van der Waals surface area contributed by atoms with E-state index in [0.717, 1.165) is 0 Å². The lowest BCUT2D eigenvalue weighted by Gasteiger charge is -2.43. The van der Waals surface area contributed by atoms with E-state index in [4.69, 9.17) is 32.3 Å². The van der Waals surface area contributed by atoms with Gasteiger partial charge in [-0.3, -0.25) is 14.4 Å². The van der Waals surface area contributed by atoms with Crippen LogP contribution in [-0.4, -0.2) is 26.6 Å². The number of rotatable bonds is 18. The van der Waals surface area contributed by atoms with Crippen LogP contribution in [0.2, 0.25) is 0 Å². The van der Waals surface area contributed by atoms with Crippen LogP contribution in [0.5, 0.6) is 34.5 Å². The molecule has 0 aromatic heterocycles. The maximum Gasteiger partial charge on any atom is 0.447 e. The summed E-state index contributed by atoms with van der Waals surface area (Å²) in [6, 6.07) is 46.7. The molecule has 2 atom stereocenters. The van der Waals surface area contributed by atoms with Gasteiger partial charge in [0.05, 0.1) is 0 Å². The van der Waals surface area contributed by atoms with Gasteiger partial charge in [0.25, 0.3) is 0 Å². The molecule has 2 unspecified atom stereocenters. The summed E-state index contributed by atoms with van der Waals surface area (Å²) in [4.78, 5) is 52.1. The summed E-state index contributed by atoms with van der Waals surface area (Å²) in [5.41, 5.74) is 2.39. The Labute approximate surface area is 368 Å². The van der Waals surface area contributed by atoms with Gasteiger partial charge >= 0.3 is 24.6 Å². The van der Waals surface area contributed by atoms with Gasteiger partial charge in [0.1, 0.15) is 34.5 Å². The van der Waals surface area contributed by atoms with E-state index in [9.17, 15) is 14.4 Å². The molecule has 1 aliphatic heterocycles. The average molecular weight is 898 g/mol. The standard InChI is InChI=1S/C48H42N3O9P3/c1-34(2)46(52)37-22-28-41(29-23-37)55-50-61(57-42-30-24-38(25-31-42)47(53)35(3)4)49-63(59-44-18-12-8-13-19-44,60-45-20-14-9-15-21-45)51(56-40-16-10-7-11-17-40)62(50)58-43-32-26-39(27-33-43)48(54)36(5)6/h7-33H,1,3,5H2,2,4,6H3. The largest absolute Gasteiger partial charge is 0.447 e. The molecule has 0 saturated heterocycles. The van der Waals surface area contributed by atoms with Crippen LogP contribution in [0.3, 0.4) is 0 Å². The highest BCUT2D eigenvalue weighted by molar-refractivity contribution is 7.78. The summed E-state index contributed by atoms with van der Waals surface area (Å²) in [6.45, 7) is 16.3. The Bertz CT molecular complexity index is 2640. The van der Waals surface area contributed by atoms with Gasteiger partial charge in [-0.2, -0.15) is 0 Å². The highest BCUT2D eigenvalue weighted by Gasteiger charge is 2.58. The van der Waals surface area contributed by atoms with Crippen molar-refractivity contribution in [3.8, 4) is 34.5 Å². The van der Waals surface area contributed by atoms with E-state index < -0.39 is 24.6 Å². The molecule has 7 rings (SSSR count). The molecule has 1 heterocycles. The first-order chi connectivity index (χ1) is 30.4. The summed E-state index contributed by atoms with van der Waals surface area (Å²) in [5.74, 6) is 1.45. The summed E-state index contributed by atoms with van der Waals surface area (Å²) in [6.07, 6.45) is 0. The Morgan fingerprint density at radius 2 is 0.810 bits per heavy atom. The zero-order valence-corrected chi connectivity index (χ0v) is 37.3. The first kappa shape index (κ1) is 44.4. The molecule has 12 nitrogen and oxygen atoms in total. The molecular formula is C48H42N3O9P3. The molecule has 6 aromatic carbocycles. The van der Waals surface area contributed by atoms with E-state index in [0.29, 0.717) is 67.9 Å². The third-order valence-electron chi connectivity index (χ3n) is 8.78. The van der Waals surface area contributed by atoms with E-state index in [1.807, 2.05) is 54.6 Å². The smallest absolute Gasteiger partial charge is 0.440 e. The number of allylic oxidation sites excluding steroid dienone is 3. The number of ketones is 3. The third-order valence-corrected chi connectivity index (χ3v) is 15.6. The lowest BCUT2D eigenvalue weighted by Crippen LogP contribution is -2.37. The molecule has 0 spiro atoms. The highest BCUT2D eigenvalue weighted by Crippen LogP contribution is 2.77. The monoisotopic (exact) mass is 897 g/mol. The predicted octanol–water partition coefficient (Wildman–Crippen LogP) is 13.6. The topological polar surface area (TPSA) is 125 Å². The van der Waals surface area contributed by atoms with Crippen molar-refractivity contribution in [2.75, 3.05) is 0 Å². The van der Waals surface area contributed by atoms with Crippen molar-refractivity contribution in [1.82, 2.24) is 9.21 Å². The molecular weight excluding hydrogens is 855 g/mol. The van der Waals surface area contributed by atoms with Crippen molar-refractivity contribution in [3.05, 3.63) is 217 Å². The minimum atomic E-state index is -4.01. The van der Waals surface area contributed by atoms with Crippen LogP contribution < -0.4 is 27.8 Å². The fourth-order valence-electron chi connectivity index (χ4n) is 5.63. The van der Waals surface area contributed by atoms with Gasteiger partial charge in [0.15, 0.2) is 17.3 Å². The summed E-state index contributed by atoms with van der Waals surface area (Å²) in [7, 11) is -8.84. The maximum atomic E-state index is 12.9. The quantitative estimate of drug-likeness (QED) is 0.0465. The Morgan fingerprint density at radius 1 is 0.460 bits per heavy atom. The molecule has 15 heteroatoms. The number of carbonyl (C=O) groups excluding carboxylic acids is 3. The van der Waals surface area contributed by atoms with Crippen LogP contribution in [-0.2, 0) is 0 Å². The van der Waals surface area contributed by atoms with E-state index in [1.165, 1.54) is 9.21 Å². The van der Waals surface area contributed by atoms with Gasteiger partial charge in [-0.1, -0.05) is 74.3 Å². The highest BCUT2D eigenvalue weighted by atomic mass is 31.3. The van der Waals surface area contributed by atoms with Crippen LogP contribution in [0.25, 0.3) is 0 Å². The Hall–Kier alpha value is -6.64. The fraction of sp³-hybridized carbons (Fsp3) is 0.0625. The molecule has 0 aliphatic carbocycles. The minimum Gasteiger partial charge on any atom is -0.440 e. The van der Waals surface area contributed by atoms with Gasteiger partial charge in [-0.25, -0.2) is 0 Å². The molecule has 0 fully saturated rings. The molecule has 6 aromatic rings. The number of hydrogen-bond acceptors (Lipinski definition) is 12. The number of nitrogens with zero attached hydrogens (tertiary/aromatic N) is 3. The summed E-state index contributed by atoms with van der Waals surface area (Å²) in [5, 5.41) is 0. The van der Waals surface area contributed by atoms with Gasteiger partial charge in [0.2, 0.25) is 0 Å². The molecule has 1 aliphatic rings. The van der Waals surface area contributed by atoms with Crippen molar-refractivity contribution in [3.63, 3.8) is 0 Å². The predicted molar refractivity (Wildman–Crippen MR) is 247 cm³/mol. The SMILES string of the molecule is C=C(C)C(=O)c1ccc(ON2P(Oc3ccc(C(=O)C(=C)C)cc3)N=P(Oc3ccccc3)(Oc3ccccc3)N(Oc3ccccc3)P2Oc2ccc(C(=O)C(=C)C)cc2)cc1. The van der Waals surface area contributed by atoms with Crippen molar-refractivity contribution in [2.45, 2.75) is 20.8 Å². The summed E-state index contributed by atoms with van der Waals surface area (Å²) < 4.78 is 35.8. The molecule has 0 saturated carbocycles. The zero-order chi connectivity index (χ0) is 44.5.